The van der Waals surface area contributed by atoms with E-state index in [2.05, 4.69) is 0 Å². The van der Waals surface area contributed by atoms with Gasteiger partial charge in [0.05, 0.1) is 6.61 Å². The van der Waals surface area contributed by atoms with E-state index in [1.165, 1.54) is 0 Å². The van der Waals surface area contributed by atoms with Gasteiger partial charge in [-0.05, 0) is 62.1 Å². The third-order valence-electron chi connectivity index (χ3n) is 4.49. The van der Waals surface area contributed by atoms with Crippen LogP contribution in [-0.2, 0) is 9.47 Å². The van der Waals surface area contributed by atoms with Gasteiger partial charge in [0.15, 0.2) is 5.79 Å². The maximum Gasteiger partial charge on any atom is 0.163 e. The van der Waals surface area contributed by atoms with Crippen LogP contribution in [0.1, 0.15) is 35.3 Å². The normalized spacial score (nSPS) is 19.0. The van der Waals surface area contributed by atoms with Crippen LogP contribution in [0.2, 0.25) is 0 Å². The first-order valence-corrected chi connectivity index (χ1v) is 8.50. The molecule has 1 fully saturated rings. The maximum atomic E-state index is 11.2. The van der Waals surface area contributed by atoms with Crippen molar-refractivity contribution >= 4 is 6.29 Å². The summed E-state index contributed by atoms with van der Waals surface area (Å²) in [5, 5.41) is 0. The standard InChI is InChI=1S/C21H24O4/c1-14-10-17(23-12-18-13-24-21(3,4)25-18)8-9-19(14)20-7-5-6-16(11-22)15(20)2/h5-11,18H,12-13H2,1-4H3. The number of rotatable bonds is 5. The van der Waals surface area contributed by atoms with Crippen LogP contribution in [0.4, 0.5) is 0 Å². The molecule has 1 saturated heterocycles. The number of hydrogen-bond donors (Lipinski definition) is 0. The summed E-state index contributed by atoms with van der Waals surface area (Å²) >= 11 is 0. The molecule has 3 rings (SSSR count). The fraction of sp³-hybridized carbons (Fsp3) is 0.381. The summed E-state index contributed by atoms with van der Waals surface area (Å²) in [6, 6.07) is 11.8. The summed E-state index contributed by atoms with van der Waals surface area (Å²) < 4.78 is 17.2. The van der Waals surface area contributed by atoms with Crippen molar-refractivity contribution in [2.24, 2.45) is 0 Å². The smallest absolute Gasteiger partial charge is 0.163 e. The molecular weight excluding hydrogens is 316 g/mol. The molecule has 0 aliphatic carbocycles. The van der Waals surface area contributed by atoms with Gasteiger partial charge in [-0.1, -0.05) is 24.3 Å². The van der Waals surface area contributed by atoms with Crippen molar-refractivity contribution in [3.05, 3.63) is 53.1 Å². The van der Waals surface area contributed by atoms with Crippen LogP contribution < -0.4 is 4.74 Å². The number of ether oxygens (including phenoxy) is 3. The first-order valence-electron chi connectivity index (χ1n) is 8.50. The molecule has 0 N–H and O–H groups in total. The average molecular weight is 340 g/mol. The highest BCUT2D eigenvalue weighted by Gasteiger charge is 2.32. The van der Waals surface area contributed by atoms with Crippen molar-refractivity contribution < 1.29 is 19.0 Å². The predicted molar refractivity (Wildman–Crippen MR) is 97.1 cm³/mol. The first kappa shape index (κ1) is 17.6. The van der Waals surface area contributed by atoms with Crippen LogP contribution in [0, 0.1) is 13.8 Å². The van der Waals surface area contributed by atoms with Gasteiger partial charge >= 0.3 is 0 Å². The van der Waals surface area contributed by atoms with Crippen molar-refractivity contribution in [3.63, 3.8) is 0 Å². The van der Waals surface area contributed by atoms with Gasteiger partial charge in [0.2, 0.25) is 0 Å². The molecule has 1 atom stereocenters. The molecule has 25 heavy (non-hydrogen) atoms. The van der Waals surface area contributed by atoms with E-state index >= 15 is 0 Å². The van der Waals surface area contributed by atoms with E-state index < -0.39 is 5.79 Å². The molecule has 4 nitrogen and oxygen atoms in total. The summed E-state index contributed by atoms with van der Waals surface area (Å²) in [6.45, 7) is 8.84. The average Bonchev–Trinajstić information content (AvgIpc) is 2.93. The molecule has 0 radical (unpaired) electrons. The Morgan fingerprint density at radius 2 is 2.00 bits per heavy atom. The third-order valence-corrected chi connectivity index (χ3v) is 4.49. The van der Waals surface area contributed by atoms with E-state index in [1.54, 1.807) is 0 Å². The molecule has 0 saturated carbocycles. The molecule has 0 amide bonds. The molecule has 132 valence electrons. The van der Waals surface area contributed by atoms with E-state index in [1.807, 2.05) is 64.1 Å². The molecule has 1 aliphatic rings. The summed E-state index contributed by atoms with van der Waals surface area (Å²) in [5.74, 6) is 0.272. The number of benzene rings is 2. The topological polar surface area (TPSA) is 44.8 Å². The van der Waals surface area contributed by atoms with Crippen molar-refractivity contribution in [1.82, 2.24) is 0 Å². The minimum Gasteiger partial charge on any atom is -0.491 e. The summed E-state index contributed by atoms with van der Waals surface area (Å²) in [6.07, 6.45) is 0.845. The molecule has 1 unspecified atom stereocenters. The summed E-state index contributed by atoms with van der Waals surface area (Å²) in [7, 11) is 0. The molecule has 1 heterocycles. The van der Waals surface area contributed by atoms with Crippen LogP contribution >= 0.6 is 0 Å². The van der Waals surface area contributed by atoms with E-state index in [9.17, 15) is 4.79 Å². The highest BCUT2D eigenvalue weighted by atomic mass is 16.7. The summed E-state index contributed by atoms with van der Waals surface area (Å²) in [5.41, 5.74) is 5.00. The molecule has 2 aromatic carbocycles. The zero-order chi connectivity index (χ0) is 18.0. The second kappa shape index (κ2) is 6.98. The molecule has 0 bridgehead atoms. The Kier molecular flexibility index (Phi) is 4.93. The lowest BCUT2D eigenvalue weighted by molar-refractivity contribution is -0.141. The molecule has 0 aromatic heterocycles. The zero-order valence-electron chi connectivity index (χ0n) is 15.2. The van der Waals surface area contributed by atoms with Crippen LogP contribution in [0.25, 0.3) is 11.1 Å². The van der Waals surface area contributed by atoms with Gasteiger partial charge in [0.25, 0.3) is 0 Å². The summed E-state index contributed by atoms with van der Waals surface area (Å²) in [4.78, 5) is 11.2. The van der Waals surface area contributed by atoms with Crippen molar-refractivity contribution in [3.8, 4) is 16.9 Å². The second-order valence-electron chi connectivity index (χ2n) is 6.88. The van der Waals surface area contributed by atoms with E-state index in [0.29, 0.717) is 13.2 Å². The van der Waals surface area contributed by atoms with Gasteiger partial charge in [0, 0.05) is 5.56 Å². The van der Waals surface area contributed by atoms with Gasteiger partial charge in [-0.15, -0.1) is 0 Å². The third kappa shape index (κ3) is 3.91. The van der Waals surface area contributed by atoms with Crippen LogP contribution in [0.3, 0.4) is 0 Å². The Morgan fingerprint density at radius 3 is 2.64 bits per heavy atom. The fourth-order valence-corrected chi connectivity index (χ4v) is 3.14. The number of hydrogen-bond acceptors (Lipinski definition) is 4. The van der Waals surface area contributed by atoms with Gasteiger partial charge in [-0.3, -0.25) is 4.79 Å². The predicted octanol–water partition coefficient (Wildman–Crippen LogP) is 4.31. The van der Waals surface area contributed by atoms with Gasteiger partial charge < -0.3 is 14.2 Å². The van der Waals surface area contributed by atoms with Crippen molar-refractivity contribution in [2.45, 2.75) is 39.6 Å². The maximum absolute atomic E-state index is 11.2. The van der Waals surface area contributed by atoms with Crippen molar-refractivity contribution in [1.29, 1.82) is 0 Å². The Bertz CT molecular complexity index is 779. The number of aldehydes is 1. The lowest BCUT2D eigenvalue weighted by Crippen LogP contribution is -2.25. The Labute approximate surface area is 148 Å². The highest BCUT2D eigenvalue weighted by molar-refractivity contribution is 5.83. The second-order valence-corrected chi connectivity index (χ2v) is 6.88. The molecule has 0 spiro atoms. The molecule has 1 aliphatic heterocycles. The Morgan fingerprint density at radius 1 is 1.20 bits per heavy atom. The van der Waals surface area contributed by atoms with Gasteiger partial charge in [-0.25, -0.2) is 0 Å². The van der Waals surface area contributed by atoms with Crippen molar-refractivity contribution in [2.75, 3.05) is 13.2 Å². The zero-order valence-corrected chi connectivity index (χ0v) is 15.2. The molecule has 2 aromatic rings. The number of aryl methyl sites for hydroxylation is 1. The Balaban J connectivity index is 1.74. The number of carbonyl (C=O) groups excluding carboxylic acids is 1. The first-order chi connectivity index (χ1) is 11.9. The molecular formula is C21H24O4. The van der Waals surface area contributed by atoms with E-state index in [-0.39, 0.29) is 6.10 Å². The van der Waals surface area contributed by atoms with E-state index in [4.69, 9.17) is 14.2 Å². The van der Waals surface area contributed by atoms with Gasteiger partial charge in [-0.2, -0.15) is 0 Å². The quantitative estimate of drug-likeness (QED) is 0.761. The van der Waals surface area contributed by atoms with E-state index in [0.717, 1.165) is 39.9 Å². The SMILES string of the molecule is Cc1cc(OCC2COC(C)(C)O2)ccc1-c1cccc(C=O)c1C. The lowest BCUT2D eigenvalue weighted by Gasteiger charge is -2.18. The number of carbonyl (C=O) groups is 1. The van der Waals surface area contributed by atoms with Crippen LogP contribution in [-0.4, -0.2) is 31.4 Å². The molecule has 4 heteroatoms. The fourth-order valence-electron chi connectivity index (χ4n) is 3.14. The lowest BCUT2D eigenvalue weighted by atomic mass is 9.94. The van der Waals surface area contributed by atoms with Crippen LogP contribution in [0.15, 0.2) is 36.4 Å². The minimum atomic E-state index is -0.533. The minimum absolute atomic E-state index is 0.0542. The van der Waals surface area contributed by atoms with Crippen LogP contribution in [0.5, 0.6) is 5.75 Å². The van der Waals surface area contributed by atoms with Gasteiger partial charge in [0.1, 0.15) is 24.7 Å². The highest BCUT2D eigenvalue weighted by Crippen LogP contribution is 2.31. The Hall–Kier alpha value is -2.17. The monoisotopic (exact) mass is 340 g/mol. The largest absolute Gasteiger partial charge is 0.491 e.